The first-order valence-electron chi connectivity index (χ1n) is 7.44. The molecule has 0 spiro atoms. The Morgan fingerprint density at radius 3 is 2.38 bits per heavy atom. The van der Waals surface area contributed by atoms with E-state index >= 15 is 0 Å². The maximum atomic E-state index is 5.39. The van der Waals surface area contributed by atoms with Gasteiger partial charge in [-0.25, -0.2) is 0 Å². The molecule has 4 nitrogen and oxygen atoms in total. The zero-order chi connectivity index (χ0) is 15.9. The third-order valence-electron chi connectivity index (χ3n) is 3.68. The van der Waals surface area contributed by atoms with Gasteiger partial charge in [0.15, 0.2) is 5.96 Å². The van der Waals surface area contributed by atoms with Crippen LogP contribution in [0, 0.1) is 6.92 Å². The van der Waals surface area contributed by atoms with E-state index in [1.165, 1.54) is 11.1 Å². The van der Waals surface area contributed by atoms with Gasteiger partial charge in [-0.15, -0.1) is 0 Å². The molecule has 1 rings (SSSR count). The second-order valence-corrected chi connectivity index (χ2v) is 6.08. The molecule has 1 aromatic carbocycles. The van der Waals surface area contributed by atoms with Crippen molar-refractivity contribution in [2.45, 2.75) is 39.2 Å². The van der Waals surface area contributed by atoms with Crippen LogP contribution in [0.15, 0.2) is 29.3 Å². The summed E-state index contributed by atoms with van der Waals surface area (Å²) >= 11 is 0. The predicted octanol–water partition coefficient (Wildman–Crippen LogP) is 2.69. The van der Waals surface area contributed by atoms with Crippen LogP contribution in [0.3, 0.4) is 0 Å². The summed E-state index contributed by atoms with van der Waals surface area (Å²) in [4.78, 5) is 4.24. The summed E-state index contributed by atoms with van der Waals surface area (Å²) < 4.78 is 5.39. The van der Waals surface area contributed by atoms with Crippen LogP contribution in [0.1, 0.15) is 37.8 Å². The molecule has 1 unspecified atom stereocenters. The highest BCUT2D eigenvalue weighted by Gasteiger charge is 2.16. The maximum Gasteiger partial charge on any atom is 0.191 e. The zero-order valence-corrected chi connectivity index (χ0v) is 14.2. The van der Waals surface area contributed by atoms with Crippen molar-refractivity contribution >= 4 is 5.96 Å². The Labute approximate surface area is 129 Å². The fourth-order valence-electron chi connectivity index (χ4n) is 1.85. The van der Waals surface area contributed by atoms with Gasteiger partial charge in [0.25, 0.3) is 0 Å². The summed E-state index contributed by atoms with van der Waals surface area (Å²) in [6.07, 6.45) is 0. The van der Waals surface area contributed by atoms with Crippen LogP contribution in [0.25, 0.3) is 0 Å². The van der Waals surface area contributed by atoms with E-state index in [-0.39, 0.29) is 5.60 Å². The van der Waals surface area contributed by atoms with Gasteiger partial charge in [0.2, 0.25) is 0 Å². The fourth-order valence-corrected chi connectivity index (χ4v) is 1.85. The summed E-state index contributed by atoms with van der Waals surface area (Å²) in [6, 6.07) is 8.68. The highest BCUT2D eigenvalue weighted by molar-refractivity contribution is 5.79. The largest absolute Gasteiger partial charge is 0.377 e. The van der Waals surface area contributed by atoms with Crippen LogP contribution >= 0.6 is 0 Å². The van der Waals surface area contributed by atoms with Gasteiger partial charge < -0.3 is 15.4 Å². The molecule has 0 aromatic heterocycles. The molecule has 0 radical (unpaired) electrons. The highest BCUT2D eigenvalue weighted by Crippen LogP contribution is 2.14. The number of aliphatic imine (C=N–C) groups is 1. The second kappa shape index (κ2) is 8.03. The molecular weight excluding hydrogens is 262 g/mol. The van der Waals surface area contributed by atoms with Gasteiger partial charge in [-0.3, -0.25) is 4.99 Å². The van der Waals surface area contributed by atoms with Crippen molar-refractivity contribution < 1.29 is 4.74 Å². The molecule has 0 amide bonds. The molecule has 0 aliphatic heterocycles. The summed E-state index contributed by atoms with van der Waals surface area (Å²) in [7, 11) is 3.50. The summed E-state index contributed by atoms with van der Waals surface area (Å²) in [5, 5.41) is 6.65. The van der Waals surface area contributed by atoms with Gasteiger partial charge in [0.1, 0.15) is 0 Å². The minimum absolute atomic E-state index is 0.208. The topological polar surface area (TPSA) is 45.7 Å². The third-order valence-corrected chi connectivity index (χ3v) is 3.68. The molecule has 1 aromatic rings. The van der Waals surface area contributed by atoms with Crippen LogP contribution in [-0.4, -0.2) is 38.8 Å². The van der Waals surface area contributed by atoms with E-state index in [1.807, 2.05) is 13.8 Å². The molecule has 1 atom stereocenters. The van der Waals surface area contributed by atoms with Crippen molar-refractivity contribution in [1.82, 2.24) is 10.6 Å². The molecule has 2 N–H and O–H groups in total. The fraction of sp³-hybridized carbons (Fsp3) is 0.588. The number of rotatable bonds is 6. The van der Waals surface area contributed by atoms with E-state index in [0.29, 0.717) is 12.5 Å². The standard InChI is InChI=1S/C17H29N3O/c1-13-7-9-15(10-8-13)14(2)11-19-16(18-5)20-12-17(3,4)21-6/h7-10,14H,11-12H2,1-6H3,(H2,18,19,20). The van der Waals surface area contributed by atoms with Crippen LogP contribution in [0.5, 0.6) is 0 Å². The van der Waals surface area contributed by atoms with Crippen molar-refractivity contribution in [1.29, 1.82) is 0 Å². The Hall–Kier alpha value is -1.55. The number of hydrogen-bond acceptors (Lipinski definition) is 2. The monoisotopic (exact) mass is 291 g/mol. The number of nitrogens with one attached hydrogen (secondary N) is 2. The molecule has 118 valence electrons. The number of ether oxygens (including phenoxy) is 1. The molecule has 0 saturated heterocycles. The Balaban J connectivity index is 2.46. The van der Waals surface area contributed by atoms with Crippen LogP contribution in [0.4, 0.5) is 0 Å². The molecular formula is C17H29N3O. The number of aryl methyl sites for hydroxylation is 1. The highest BCUT2D eigenvalue weighted by atomic mass is 16.5. The summed E-state index contributed by atoms with van der Waals surface area (Å²) in [5.41, 5.74) is 2.42. The smallest absolute Gasteiger partial charge is 0.191 e. The molecule has 0 aliphatic rings. The van der Waals surface area contributed by atoms with E-state index in [4.69, 9.17) is 4.74 Å². The van der Waals surface area contributed by atoms with Gasteiger partial charge in [0, 0.05) is 27.2 Å². The summed E-state index contributed by atoms with van der Waals surface area (Å²) in [5.74, 6) is 1.23. The van der Waals surface area contributed by atoms with Crippen molar-refractivity contribution in [2.24, 2.45) is 4.99 Å². The number of methoxy groups -OCH3 is 1. The van der Waals surface area contributed by atoms with E-state index in [9.17, 15) is 0 Å². The van der Waals surface area contributed by atoms with Gasteiger partial charge in [0.05, 0.1) is 5.60 Å². The molecule has 0 saturated carbocycles. The van der Waals surface area contributed by atoms with E-state index in [2.05, 4.69) is 53.7 Å². The Morgan fingerprint density at radius 2 is 1.86 bits per heavy atom. The maximum absolute atomic E-state index is 5.39. The lowest BCUT2D eigenvalue weighted by Crippen LogP contribution is -2.46. The first kappa shape index (κ1) is 17.5. The van der Waals surface area contributed by atoms with Crippen molar-refractivity contribution in [3.8, 4) is 0 Å². The molecule has 0 heterocycles. The van der Waals surface area contributed by atoms with Crippen molar-refractivity contribution in [3.05, 3.63) is 35.4 Å². The SMILES string of the molecule is CN=C(NCC(C)c1ccc(C)cc1)NCC(C)(C)OC. The first-order chi connectivity index (χ1) is 9.88. The van der Waals surface area contributed by atoms with Crippen LogP contribution in [0.2, 0.25) is 0 Å². The Bertz CT molecular complexity index is 452. The molecule has 0 bridgehead atoms. The normalized spacial score (nSPS) is 13.9. The van der Waals surface area contributed by atoms with Gasteiger partial charge in [-0.2, -0.15) is 0 Å². The zero-order valence-electron chi connectivity index (χ0n) is 14.2. The van der Waals surface area contributed by atoms with Crippen molar-refractivity contribution in [3.63, 3.8) is 0 Å². The molecule has 0 aliphatic carbocycles. The van der Waals surface area contributed by atoms with E-state index < -0.39 is 0 Å². The average molecular weight is 291 g/mol. The lowest BCUT2D eigenvalue weighted by Gasteiger charge is -2.25. The van der Waals surface area contributed by atoms with Crippen LogP contribution in [-0.2, 0) is 4.74 Å². The minimum Gasteiger partial charge on any atom is -0.377 e. The predicted molar refractivity (Wildman–Crippen MR) is 90.0 cm³/mol. The van der Waals surface area contributed by atoms with Gasteiger partial charge in [-0.05, 0) is 32.3 Å². The quantitative estimate of drug-likeness (QED) is 0.626. The van der Waals surface area contributed by atoms with E-state index in [1.54, 1.807) is 14.2 Å². The first-order valence-corrected chi connectivity index (χ1v) is 7.44. The molecule has 21 heavy (non-hydrogen) atoms. The number of hydrogen-bond donors (Lipinski definition) is 2. The number of nitrogens with zero attached hydrogens (tertiary/aromatic N) is 1. The average Bonchev–Trinajstić information content (AvgIpc) is 2.48. The number of guanidine groups is 1. The van der Waals surface area contributed by atoms with Gasteiger partial charge >= 0.3 is 0 Å². The van der Waals surface area contributed by atoms with Gasteiger partial charge in [-0.1, -0.05) is 36.8 Å². The second-order valence-electron chi connectivity index (χ2n) is 6.08. The minimum atomic E-state index is -0.208. The van der Waals surface area contributed by atoms with Crippen molar-refractivity contribution in [2.75, 3.05) is 27.2 Å². The Morgan fingerprint density at radius 1 is 1.24 bits per heavy atom. The van der Waals surface area contributed by atoms with Crippen LogP contribution < -0.4 is 10.6 Å². The summed E-state index contributed by atoms with van der Waals surface area (Å²) in [6.45, 7) is 9.96. The Kier molecular flexibility index (Phi) is 6.69. The third kappa shape index (κ3) is 6.17. The molecule has 4 heteroatoms. The molecule has 0 fully saturated rings. The lowest BCUT2D eigenvalue weighted by molar-refractivity contribution is 0.0268. The lowest BCUT2D eigenvalue weighted by atomic mass is 10.0. The van der Waals surface area contributed by atoms with E-state index in [0.717, 1.165) is 12.5 Å². The number of benzene rings is 1.